The molecular weight excluding hydrogens is 282 g/mol. The predicted molar refractivity (Wildman–Crippen MR) is 61.0 cm³/mol. The molecule has 19 heavy (non-hydrogen) atoms. The van der Waals surface area contributed by atoms with Gasteiger partial charge < -0.3 is 37.3 Å². The smallest absolute Gasteiger partial charge is 0.336 e. The lowest BCUT2D eigenvalue weighted by molar-refractivity contribution is -0.849. The summed E-state index contributed by atoms with van der Waals surface area (Å²) >= 11 is 0. The molecule has 0 spiro atoms. The molecule has 0 unspecified atom stereocenters. The number of nitrogens with zero attached hydrogens (tertiary/aromatic N) is 1. The molecule has 114 valence electrons. The number of carboxylic acid groups (broad SMARTS) is 3. The summed E-state index contributed by atoms with van der Waals surface area (Å²) < 4.78 is 1.00. The Kier molecular flexibility index (Phi) is 10.4. The second kappa shape index (κ2) is 8.68. The van der Waals surface area contributed by atoms with Crippen LogP contribution >= 0.6 is 0 Å². The minimum absolute atomic E-state index is 0. The third-order valence-corrected chi connectivity index (χ3v) is 1.29. The minimum Gasteiger partial charge on any atom is -1.00 e. The summed E-state index contributed by atoms with van der Waals surface area (Å²) in [6.45, 7) is 0. The van der Waals surface area contributed by atoms with Crippen LogP contribution in [-0.2, 0) is 14.4 Å². The molecule has 0 aromatic rings. The van der Waals surface area contributed by atoms with Gasteiger partial charge in [0.2, 0.25) is 0 Å². The van der Waals surface area contributed by atoms with Crippen molar-refractivity contribution in [2.45, 2.75) is 18.4 Å². The van der Waals surface area contributed by atoms with Gasteiger partial charge in [0.15, 0.2) is 5.60 Å². The van der Waals surface area contributed by atoms with Crippen molar-refractivity contribution in [2.24, 2.45) is 0 Å². The maximum atomic E-state index is 10.3. The van der Waals surface area contributed by atoms with Crippen LogP contribution in [0.3, 0.4) is 0 Å². The summed E-state index contributed by atoms with van der Waals surface area (Å²) in [5, 5.41) is 33.8. The lowest BCUT2D eigenvalue weighted by atomic mass is 9.96. The minimum atomic E-state index is -2.74. The largest absolute Gasteiger partial charge is 1.00 e. The maximum Gasteiger partial charge on any atom is 0.336 e. The molecule has 0 aromatic carbocycles. The highest BCUT2D eigenvalue weighted by Crippen LogP contribution is 2.15. The lowest BCUT2D eigenvalue weighted by Crippen LogP contribution is -3.00. The van der Waals surface area contributed by atoms with Gasteiger partial charge in [-0.3, -0.25) is 9.59 Å². The molecular formula is C10H20ClNO7. The fourth-order valence-corrected chi connectivity index (χ4v) is 0.714. The van der Waals surface area contributed by atoms with Crippen molar-refractivity contribution in [3.63, 3.8) is 0 Å². The second-order valence-corrected chi connectivity index (χ2v) is 5.16. The van der Waals surface area contributed by atoms with Crippen LogP contribution in [0.15, 0.2) is 0 Å². The van der Waals surface area contributed by atoms with Crippen LogP contribution in [0, 0.1) is 0 Å². The van der Waals surface area contributed by atoms with Crippen LogP contribution in [-0.4, -0.2) is 76.6 Å². The van der Waals surface area contributed by atoms with Crippen LogP contribution < -0.4 is 12.4 Å². The van der Waals surface area contributed by atoms with Crippen molar-refractivity contribution in [1.29, 1.82) is 0 Å². The van der Waals surface area contributed by atoms with Gasteiger partial charge in [0.1, 0.15) is 0 Å². The Balaban J connectivity index is -0.000000366. The monoisotopic (exact) mass is 301 g/mol. The van der Waals surface area contributed by atoms with Gasteiger partial charge >= 0.3 is 17.9 Å². The lowest BCUT2D eigenvalue weighted by Gasteiger charge is -2.18. The molecule has 0 saturated carbocycles. The molecule has 0 aliphatic rings. The number of halogens is 1. The van der Waals surface area contributed by atoms with E-state index in [4.69, 9.17) is 20.4 Å². The molecule has 0 fully saturated rings. The van der Waals surface area contributed by atoms with E-state index in [-0.39, 0.29) is 12.4 Å². The molecule has 4 N–H and O–H groups in total. The first kappa shape index (κ1) is 22.8. The van der Waals surface area contributed by atoms with E-state index >= 15 is 0 Å². The number of quaternary nitrogens is 1. The predicted octanol–water partition coefficient (Wildman–Crippen LogP) is -3.92. The van der Waals surface area contributed by atoms with Crippen LogP contribution in [0.1, 0.15) is 12.8 Å². The zero-order valence-corrected chi connectivity index (χ0v) is 12.0. The van der Waals surface area contributed by atoms with E-state index in [0.29, 0.717) is 0 Å². The summed E-state index contributed by atoms with van der Waals surface area (Å²) in [7, 11) is 8.50. The molecule has 0 radical (unpaired) electrons. The SMILES string of the molecule is C[N+](C)(C)C.O=C(O)CC(O)(CC(=O)O)C(=O)O.[Cl-]. The van der Waals surface area contributed by atoms with E-state index in [1.165, 1.54) is 0 Å². The van der Waals surface area contributed by atoms with E-state index in [0.717, 1.165) is 4.48 Å². The van der Waals surface area contributed by atoms with Crippen molar-refractivity contribution >= 4 is 17.9 Å². The van der Waals surface area contributed by atoms with E-state index in [9.17, 15) is 14.4 Å². The third-order valence-electron chi connectivity index (χ3n) is 1.29. The van der Waals surface area contributed by atoms with Gasteiger partial charge in [-0.05, 0) is 0 Å². The van der Waals surface area contributed by atoms with Gasteiger partial charge in [-0.15, -0.1) is 0 Å². The first-order valence-corrected chi connectivity index (χ1v) is 4.96. The fourth-order valence-electron chi connectivity index (χ4n) is 0.714. The summed E-state index contributed by atoms with van der Waals surface area (Å²) in [6, 6.07) is 0. The zero-order valence-electron chi connectivity index (χ0n) is 11.3. The second-order valence-electron chi connectivity index (χ2n) is 5.16. The van der Waals surface area contributed by atoms with E-state index in [2.05, 4.69) is 28.2 Å². The number of hydrogen-bond donors (Lipinski definition) is 4. The highest BCUT2D eigenvalue weighted by Gasteiger charge is 2.40. The standard InChI is InChI=1S/C6H8O7.C4H12N.ClH/c7-3(8)1-6(13,5(11)12)2-4(9)10;1-5(2,3)4;/h13H,1-2H2,(H,7,8)(H,9,10)(H,11,12);1-4H3;1H/q;+1;/p-1. The third kappa shape index (κ3) is 16.6. The molecule has 0 atom stereocenters. The quantitative estimate of drug-likeness (QED) is 0.381. The average Bonchev–Trinajstić information content (AvgIpc) is 1.95. The Morgan fingerprint density at radius 2 is 1.11 bits per heavy atom. The molecule has 0 rings (SSSR count). The average molecular weight is 302 g/mol. The highest BCUT2D eigenvalue weighted by atomic mass is 35.5. The fraction of sp³-hybridized carbons (Fsp3) is 0.700. The number of carboxylic acids is 3. The van der Waals surface area contributed by atoms with E-state index < -0.39 is 36.4 Å². The van der Waals surface area contributed by atoms with Crippen molar-refractivity contribution in [1.82, 2.24) is 0 Å². The molecule has 0 bridgehead atoms. The highest BCUT2D eigenvalue weighted by molar-refractivity contribution is 5.88. The Hall–Kier alpha value is -1.38. The van der Waals surface area contributed by atoms with E-state index in [1.807, 2.05) is 0 Å². The number of rotatable bonds is 5. The van der Waals surface area contributed by atoms with Gasteiger partial charge in [0.25, 0.3) is 0 Å². The van der Waals surface area contributed by atoms with Crippen molar-refractivity contribution in [2.75, 3.05) is 28.2 Å². The molecule has 8 nitrogen and oxygen atoms in total. The van der Waals surface area contributed by atoms with Crippen LogP contribution in [0.5, 0.6) is 0 Å². The number of carbonyl (C=O) groups is 3. The van der Waals surface area contributed by atoms with Crippen LogP contribution in [0.25, 0.3) is 0 Å². The molecule has 0 heterocycles. The molecule has 9 heteroatoms. The summed E-state index contributed by atoms with van der Waals surface area (Å²) in [5.41, 5.74) is -2.74. The molecule has 0 saturated heterocycles. The Morgan fingerprint density at radius 3 is 1.21 bits per heavy atom. The maximum absolute atomic E-state index is 10.3. The Bertz CT molecular complexity index is 302. The van der Waals surface area contributed by atoms with Crippen molar-refractivity contribution in [3.05, 3.63) is 0 Å². The van der Waals surface area contributed by atoms with Crippen molar-refractivity contribution < 1.29 is 51.7 Å². The van der Waals surface area contributed by atoms with E-state index in [1.54, 1.807) is 0 Å². The molecule has 0 aliphatic heterocycles. The first-order valence-electron chi connectivity index (χ1n) is 4.96. The molecule has 0 amide bonds. The van der Waals surface area contributed by atoms with Gasteiger partial charge in [-0.2, -0.15) is 0 Å². The summed E-state index contributed by atoms with van der Waals surface area (Å²) in [4.78, 5) is 30.5. The van der Waals surface area contributed by atoms with Gasteiger partial charge in [-0.25, -0.2) is 4.79 Å². The summed E-state index contributed by atoms with van der Waals surface area (Å²) in [5.74, 6) is -5.02. The van der Waals surface area contributed by atoms with Gasteiger partial charge in [0.05, 0.1) is 41.0 Å². The molecule has 0 aromatic heterocycles. The zero-order chi connectivity index (χ0) is 15.1. The van der Waals surface area contributed by atoms with Crippen LogP contribution in [0.4, 0.5) is 0 Å². The van der Waals surface area contributed by atoms with Gasteiger partial charge in [-0.1, -0.05) is 0 Å². The van der Waals surface area contributed by atoms with Crippen LogP contribution in [0.2, 0.25) is 0 Å². The number of aliphatic carboxylic acids is 3. The summed E-state index contributed by atoms with van der Waals surface area (Å²) in [6.07, 6.45) is -2.29. The number of aliphatic hydroxyl groups is 1. The Morgan fingerprint density at radius 1 is 0.895 bits per heavy atom. The normalized spacial score (nSPS) is 10.6. The Labute approximate surface area is 117 Å². The number of hydrogen-bond acceptors (Lipinski definition) is 4. The first-order chi connectivity index (χ1) is 7.78. The van der Waals surface area contributed by atoms with Gasteiger partial charge in [0, 0.05) is 0 Å². The topological polar surface area (TPSA) is 132 Å². The van der Waals surface area contributed by atoms with Crippen molar-refractivity contribution in [3.8, 4) is 0 Å². The molecule has 0 aliphatic carbocycles.